The van der Waals surface area contributed by atoms with Gasteiger partial charge in [0.15, 0.2) is 0 Å². The van der Waals surface area contributed by atoms with E-state index in [-0.39, 0.29) is 0 Å². The molecule has 0 unspecified atom stereocenters. The Balaban J connectivity index is 0.00000163. The van der Waals surface area contributed by atoms with E-state index in [4.69, 9.17) is 0 Å². The van der Waals surface area contributed by atoms with Crippen molar-refractivity contribution in [3.05, 3.63) is 96.1 Å². The van der Waals surface area contributed by atoms with Gasteiger partial charge >= 0.3 is 0 Å². The second-order valence-corrected chi connectivity index (χ2v) is 5.71. The molecule has 0 saturated heterocycles. The minimum Gasteiger partial charge on any atom is -0.388 e. The minimum atomic E-state index is 1.02. The highest BCUT2D eigenvalue weighted by atomic mass is 14.8. The van der Waals surface area contributed by atoms with E-state index < -0.39 is 0 Å². The standard InChI is InChI=1S/C23H25N.C2H6/c1-6-8-12-22(18(4)20-11-9-10-17(3)15-20)21-13-14-23(24-5)19(7-2)16-21;1-2/h6-16,24H,2,4H2,1,3,5H3;1-2H3/b8-6-,22-12+;. The van der Waals surface area contributed by atoms with Gasteiger partial charge in [-0.05, 0) is 53.8 Å². The normalized spacial score (nSPS) is 10.9. The SMILES string of the molecule is C=Cc1cc(/C(=C/C=C\C)C(=C)c2cccc(C)c2)ccc1NC.CC. The second-order valence-electron chi connectivity index (χ2n) is 5.71. The molecule has 1 heteroatoms. The Hall–Kier alpha value is -2.80. The Morgan fingerprint density at radius 3 is 2.35 bits per heavy atom. The molecule has 1 N–H and O–H groups in total. The molecule has 0 aliphatic rings. The lowest BCUT2D eigenvalue weighted by molar-refractivity contribution is 1.45. The summed E-state index contributed by atoms with van der Waals surface area (Å²) >= 11 is 0. The van der Waals surface area contributed by atoms with Crippen molar-refractivity contribution in [2.75, 3.05) is 12.4 Å². The number of hydrogen-bond donors (Lipinski definition) is 1. The van der Waals surface area contributed by atoms with E-state index in [0.717, 1.165) is 33.5 Å². The van der Waals surface area contributed by atoms with Crippen LogP contribution in [0.5, 0.6) is 0 Å². The third kappa shape index (κ3) is 5.35. The molecule has 136 valence electrons. The monoisotopic (exact) mass is 345 g/mol. The van der Waals surface area contributed by atoms with Crippen LogP contribution in [0.4, 0.5) is 5.69 Å². The summed E-state index contributed by atoms with van der Waals surface area (Å²) in [7, 11) is 1.92. The molecule has 2 rings (SSSR count). The van der Waals surface area contributed by atoms with Crippen LogP contribution in [-0.4, -0.2) is 7.05 Å². The first kappa shape index (κ1) is 21.2. The van der Waals surface area contributed by atoms with Crippen LogP contribution < -0.4 is 5.32 Å². The topological polar surface area (TPSA) is 12.0 Å². The summed E-state index contributed by atoms with van der Waals surface area (Å²) in [6, 6.07) is 14.8. The molecule has 0 amide bonds. The molecular formula is C25H31N. The largest absolute Gasteiger partial charge is 0.388 e. The maximum Gasteiger partial charge on any atom is 0.0411 e. The molecule has 0 aromatic heterocycles. The van der Waals surface area contributed by atoms with E-state index in [1.54, 1.807) is 0 Å². The van der Waals surface area contributed by atoms with Gasteiger partial charge in [-0.3, -0.25) is 0 Å². The molecule has 2 aromatic rings. The maximum absolute atomic E-state index is 4.35. The summed E-state index contributed by atoms with van der Waals surface area (Å²) in [5.41, 5.74) is 7.79. The van der Waals surface area contributed by atoms with Crippen LogP contribution in [0.15, 0.2) is 73.9 Å². The lowest BCUT2D eigenvalue weighted by atomic mass is 9.91. The van der Waals surface area contributed by atoms with Gasteiger partial charge in [0.1, 0.15) is 0 Å². The highest BCUT2D eigenvalue weighted by Crippen LogP contribution is 2.32. The van der Waals surface area contributed by atoms with Crippen molar-refractivity contribution in [3.63, 3.8) is 0 Å². The zero-order valence-corrected chi connectivity index (χ0v) is 16.8. The summed E-state index contributed by atoms with van der Waals surface area (Å²) in [4.78, 5) is 0. The zero-order chi connectivity index (χ0) is 19.5. The van der Waals surface area contributed by atoms with Gasteiger partial charge in [0.2, 0.25) is 0 Å². The van der Waals surface area contributed by atoms with Gasteiger partial charge in [-0.25, -0.2) is 0 Å². The van der Waals surface area contributed by atoms with E-state index in [1.165, 1.54) is 5.56 Å². The number of nitrogens with one attached hydrogen (secondary N) is 1. The molecule has 0 saturated carbocycles. The van der Waals surface area contributed by atoms with E-state index in [2.05, 4.69) is 80.0 Å². The van der Waals surface area contributed by atoms with Gasteiger partial charge in [-0.1, -0.05) is 87.2 Å². The first-order valence-electron chi connectivity index (χ1n) is 9.14. The molecule has 2 aromatic carbocycles. The number of benzene rings is 2. The van der Waals surface area contributed by atoms with Crippen molar-refractivity contribution in [3.8, 4) is 0 Å². The maximum atomic E-state index is 4.35. The van der Waals surface area contributed by atoms with Crippen LogP contribution in [0.1, 0.15) is 43.0 Å². The summed E-state index contributed by atoms with van der Waals surface area (Å²) in [5, 5.41) is 3.20. The molecule has 0 bridgehead atoms. The molecule has 26 heavy (non-hydrogen) atoms. The number of hydrogen-bond acceptors (Lipinski definition) is 1. The van der Waals surface area contributed by atoms with Gasteiger partial charge in [0.05, 0.1) is 0 Å². The molecule has 0 radical (unpaired) electrons. The first-order chi connectivity index (χ1) is 12.6. The Morgan fingerprint density at radius 1 is 1.04 bits per heavy atom. The molecule has 0 atom stereocenters. The summed E-state index contributed by atoms with van der Waals surface area (Å²) in [6.07, 6.45) is 8.07. The molecule has 0 aliphatic heterocycles. The van der Waals surface area contributed by atoms with Crippen molar-refractivity contribution in [2.24, 2.45) is 0 Å². The molecule has 1 nitrogen and oxygen atoms in total. The quantitative estimate of drug-likeness (QED) is 0.538. The highest BCUT2D eigenvalue weighted by molar-refractivity contribution is 6.05. The lowest BCUT2D eigenvalue weighted by Gasteiger charge is -2.14. The Labute approximate surface area is 159 Å². The van der Waals surface area contributed by atoms with Gasteiger partial charge in [0, 0.05) is 12.7 Å². The highest BCUT2D eigenvalue weighted by Gasteiger charge is 2.10. The van der Waals surface area contributed by atoms with Crippen LogP contribution in [0, 0.1) is 6.92 Å². The Bertz CT molecular complexity index is 807. The van der Waals surface area contributed by atoms with Gasteiger partial charge in [0.25, 0.3) is 0 Å². The van der Waals surface area contributed by atoms with Gasteiger partial charge in [-0.15, -0.1) is 0 Å². The number of aryl methyl sites for hydroxylation is 1. The first-order valence-corrected chi connectivity index (χ1v) is 9.14. The number of anilines is 1. The average molecular weight is 346 g/mol. The summed E-state index contributed by atoms with van der Waals surface area (Å²) in [6.45, 7) is 16.4. The predicted molar refractivity (Wildman–Crippen MR) is 120 cm³/mol. The molecular weight excluding hydrogens is 314 g/mol. The zero-order valence-electron chi connectivity index (χ0n) is 16.8. The second kappa shape index (κ2) is 10.9. The average Bonchev–Trinajstić information content (AvgIpc) is 2.69. The number of allylic oxidation sites excluding steroid dienone is 5. The fraction of sp³-hybridized carbons (Fsp3) is 0.200. The molecule has 0 aliphatic carbocycles. The fourth-order valence-corrected chi connectivity index (χ4v) is 2.68. The van der Waals surface area contributed by atoms with Crippen molar-refractivity contribution in [1.82, 2.24) is 0 Å². The fourth-order valence-electron chi connectivity index (χ4n) is 2.68. The van der Waals surface area contributed by atoms with Crippen LogP contribution >= 0.6 is 0 Å². The lowest BCUT2D eigenvalue weighted by Crippen LogP contribution is -1.95. The van der Waals surface area contributed by atoms with Crippen LogP contribution in [-0.2, 0) is 0 Å². The third-order valence-electron chi connectivity index (χ3n) is 4.00. The van der Waals surface area contributed by atoms with E-state index in [9.17, 15) is 0 Å². The smallest absolute Gasteiger partial charge is 0.0411 e. The van der Waals surface area contributed by atoms with Crippen molar-refractivity contribution in [1.29, 1.82) is 0 Å². The Kier molecular flexibility index (Phi) is 8.94. The number of rotatable bonds is 6. The van der Waals surface area contributed by atoms with E-state index >= 15 is 0 Å². The third-order valence-corrected chi connectivity index (χ3v) is 4.00. The summed E-state index contributed by atoms with van der Waals surface area (Å²) < 4.78 is 0. The van der Waals surface area contributed by atoms with Crippen molar-refractivity contribution in [2.45, 2.75) is 27.7 Å². The van der Waals surface area contributed by atoms with Crippen LogP contribution in [0.2, 0.25) is 0 Å². The van der Waals surface area contributed by atoms with Crippen LogP contribution in [0.25, 0.3) is 17.2 Å². The van der Waals surface area contributed by atoms with Gasteiger partial charge in [-0.2, -0.15) is 0 Å². The Morgan fingerprint density at radius 2 is 1.77 bits per heavy atom. The van der Waals surface area contributed by atoms with E-state index in [0.29, 0.717) is 0 Å². The van der Waals surface area contributed by atoms with Crippen molar-refractivity contribution < 1.29 is 0 Å². The molecule has 0 fully saturated rings. The molecule has 0 heterocycles. The predicted octanol–water partition coefficient (Wildman–Crippen LogP) is 7.38. The van der Waals surface area contributed by atoms with Crippen molar-refractivity contribution >= 4 is 22.9 Å². The minimum absolute atomic E-state index is 1.02. The van der Waals surface area contributed by atoms with Crippen LogP contribution in [0.3, 0.4) is 0 Å². The molecule has 0 spiro atoms. The summed E-state index contributed by atoms with van der Waals surface area (Å²) in [5.74, 6) is 0. The van der Waals surface area contributed by atoms with Gasteiger partial charge < -0.3 is 5.32 Å². The van der Waals surface area contributed by atoms with E-state index in [1.807, 2.05) is 40.0 Å².